The van der Waals surface area contributed by atoms with Crippen molar-refractivity contribution < 1.29 is 22.9 Å². The molecule has 0 radical (unpaired) electrons. The van der Waals surface area contributed by atoms with Crippen LogP contribution in [0.2, 0.25) is 0 Å². The zero-order valence-corrected chi connectivity index (χ0v) is 8.08. The third-order valence-electron chi connectivity index (χ3n) is 1.60. The average Bonchev–Trinajstić information content (AvgIpc) is 2.01. The summed E-state index contributed by atoms with van der Waals surface area (Å²) in [4.78, 5) is 10.1. The first-order valence-electron chi connectivity index (χ1n) is 3.63. The Morgan fingerprint density at radius 3 is 2.29 bits per heavy atom. The Kier molecular flexibility index (Phi) is 2.59. The minimum Gasteiger partial charge on any atom is -0.478 e. The first-order chi connectivity index (χ1) is 6.30. The first-order valence-corrected chi connectivity index (χ1v) is 5.07. The molecule has 0 spiro atoms. The zero-order valence-electron chi connectivity index (χ0n) is 7.26. The Hall–Kier alpha value is -1.40. The molecular formula is C8H8O5S. The van der Waals surface area contributed by atoms with Gasteiger partial charge in [0.25, 0.3) is 10.1 Å². The van der Waals surface area contributed by atoms with Crippen LogP contribution in [0.4, 0.5) is 0 Å². The van der Waals surface area contributed by atoms with Crippen LogP contribution in [0.15, 0.2) is 23.1 Å². The van der Waals surface area contributed by atoms with E-state index in [4.69, 9.17) is 9.66 Å². The largest absolute Gasteiger partial charge is 0.478 e. The molecule has 0 saturated carbocycles. The van der Waals surface area contributed by atoms with E-state index in [9.17, 15) is 13.2 Å². The lowest BCUT2D eigenvalue weighted by molar-refractivity contribution is 0.0696. The van der Waals surface area contributed by atoms with Crippen LogP contribution in [0.1, 0.15) is 15.9 Å². The lowest BCUT2D eigenvalue weighted by Crippen LogP contribution is -2.03. The number of carbonyl (C=O) groups is 1. The highest BCUT2D eigenvalue weighted by atomic mass is 32.2. The summed E-state index contributed by atoms with van der Waals surface area (Å²) in [6.07, 6.45) is 0. The summed E-state index contributed by atoms with van der Waals surface area (Å²) in [6, 6.07) is 3.42. The minimum absolute atomic E-state index is 0.169. The Balaban J connectivity index is 3.43. The van der Waals surface area contributed by atoms with Crippen LogP contribution in [0, 0.1) is 6.92 Å². The summed E-state index contributed by atoms with van der Waals surface area (Å²) < 4.78 is 30.1. The van der Waals surface area contributed by atoms with E-state index in [1.54, 1.807) is 6.92 Å². The fourth-order valence-corrected chi connectivity index (χ4v) is 1.63. The molecule has 2 N–H and O–H groups in total. The number of carboxylic acids is 1. The molecule has 0 aliphatic carbocycles. The van der Waals surface area contributed by atoms with Gasteiger partial charge in [-0.05, 0) is 30.7 Å². The second kappa shape index (κ2) is 3.39. The number of hydrogen-bond donors (Lipinski definition) is 2. The first kappa shape index (κ1) is 10.7. The number of rotatable bonds is 2. The lowest BCUT2D eigenvalue weighted by atomic mass is 10.1. The van der Waals surface area contributed by atoms with Crippen molar-refractivity contribution in [3.8, 4) is 0 Å². The van der Waals surface area contributed by atoms with Gasteiger partial charge in [0.1, 0.15) is 0 Å². The number of hydrogen-bond acceptors (Lipinski definition) is 3. The normalized spacial score (nSPS) is 11.3. The molecule has 1 aromatic rings. The van der Waals surface area contributed by atoms with E-state index in [1.807, 2.05) is 0 Å². The molecule has 0 atom stereocenters. The predicted molar refractivity (Wildman–Crippen MR) is 48.0 cm³/mol. The van der Waals surface area contributed by atoms with Crippen molar-refractivity contribution in [3.05, 3.63) is 29.3 Å². The van der Waals surface area contributed by atoms with Gasteiger partial charge in [-0.1, -0.05) is 0 Å². The van der Waals surface area contributed by atoms with Crippen molar-refractivity contribution in [2.75, 3.05) is 0 Å². The van der Waals surface area contributed by atoms with Crippen molar-refractivity contribution >= 4 is 16.1 Å². The van der Waals surface area contributed by atoms with Gasteiger partial charge in [-0.25, -0.2) is 4.79 Å². The third kappa shape index (κ3) is 2.30. The summed E-state index contributed by atoms with van der Waals surface area (Å²) >= 11 is 0. The molecule has 0 aromatic heterocycles. The van der Waals surface area contributed by atoms with Crippen LogP contribution in [0.25, 0.3) is 0 Å². The van der Waals surface area contributed by atoms with Gasteiger partial charge in [0.2, 0.25) is 0 Å². The number of benzene rings is 1. The molecule has 5 nitrogen and oxygen atoms in total. The second-order valence-electron chi connectivity index (χ2n) is 2.81. The van der Waals surface area contributed by atoms with Gasteiger partial charge in [0.05, 0.1) is 10.5 Å². The average molecular weight is 216 g/mol. The highest BCUT2D eigenvalue weighted by Crippen LogP contribution is 2.14. The number of aryl methyl sites for hydroxylation is 1. The summed E-state index contributed by atoms with van der Waals surface area (Å²) in [6.45, 7) is 1.54. The van der Waals surface area contributed by atoms with E-state index in [-0.39, 0.29) is 5.56 Å². The molecule has 0 amide bonds. The van der Waals surface area contributed by atoms with E-state index >= 15 is 0 Å². The molecule has 14 heavy (non-hydrogen) atoms. The zero-order chi connectivity index (χ0) is 10.9. The van der Waals surface area contributed by atoms with E-state index in [2.05, 4.69) is 0 Å². The maximum Gasteiger partial charge on any atom is 0.335 e. The highest BCUT2D eigenvalue weighted by Gasteiger charge is 2.13. The third-order valence-corrected chi connectivity index (χ3v) is 2.43. The van der Waals surface area contributed by atoms with Gasteiger partial charge in [-0.15, -0.1) is 0 Å². The van der Waals surface area contributed by atoms with Gasteiger partial charge < -0.3 is 5.11 Å². The molecule has 0 aliphatic rings. The molecule has 0 fully saturated rings. The maximum atomic E-state index is 10.7. The molecular weight excluding hydrogens is 208 g/mol. The van der Waals surface area contributed by atoms with Gasteiger partial charge in [-0.2, -0.15) is 8.42 Å². The van der Waals surface area contributed by atoms with Gasteiger partial charge in [0.15, 0.2) is 0 Å². The molecule has 76 valence electrons. The van der Waals surface area contributed by atoms with E-state index in [0.717, 1.165) is 6.07 Å². The monoisotopic (exact) mass is 216 g/mol. The molecule has 0 aliphatic heterocycles. The maximum absolute atomic E-state index is 10.7. The molecule has 0 saturated heterocycles. The van der Waals surface area contributed by atoms with E-state index < -0.39 is 21.0 Å². The Morgan fingerprint density at radius 1 is 1.29 bits per heavy atom. The van der Waals surface area contributed by atoms with Gasteiger partial charge in [-0.3, -0.25) is 4.55 Å². The molecule has 1 rings (SSSR count). The molecule has 0 bridgehead atoms. The van der Waals surface area contributed by atoms with Crippen LogP contribution in [-0.2, 0) is 10.1 Å². The molecule has 0 unspecified atom stereocenters. The SMILES string of the molecule is Cc1cc(C(=O)O)cc(S(=O)(=O)O)c1. The summed E-state index contributed by atoms with van der Waals surface area (Å²) in [5.74, 6) is -1.24. The molecule has 1 aromatic carbocycles. The Bertz CT molecular complexity index is 475. The van der Waals surface area contributed by atoms with Crippen molar-refractivity contribution in [3.63, 3.8) is 0 Å². The number of aromatic carboxylic acids is 1. The molecule has 0 heterocycles. The van der Waals surface area contributed by atoms with Crippen molar-refractivity contribution in [1.82, 2.24) is 0 Å². The highest BCUT2D eigenvalue weighted by molar-refractivity contribution is 7.85. The Labute approximate surface area is 80.7 Å². The fourth-order valence-electron chi connectivity index (χ4n) is 1.02. The smallest absolute Gasteiger partial charge is 0.335 e. The van der Waals surface area contributed by atoms with E-state index in [1.165, 1.54) is 12.1 Å². The van der Waals surface area contributed by atoms with Crippen LogP contribution >= 0.6 is 0 Å². The number of carboxylic acid groups (broad SMARTS) is 1. The molecule has 6 heteroatoms. The van der Waals surface area contributed by atoms with Gasteiger partial charge >= 0.3 is 5.97 Å². The minimum atomic E-state index is -4.34. The van der Waals surface area contributed by atoms with Crippen molar-refractivity contribution in [2.24, 2.45) is 0 Å². The van der Waals surface area contributed by atoms with Crippen LogP contribution in [0.5, 0.6) is 0 Å². The lowest BCUT2D eigenvalue weighted by Gasteiger charge is -2.01. The quantitative estimate of drug-likeness (QED) is 0.718. The summed E-state index contributed by atoms with van der Waals surface area (Å²) in [5.41, 5.74) is 0.287. The second-order valence-corrected chi connectivity index (χ2v) is 4.24. The van der Waals surface area contributed by atoms with Crippen LogP contribution in [0.3, 0.4) is 0 Å². The van der Waals surface area contributed by atoms with Crippen molar-refractivity contribution in [1.29, 1.82) is 0 Å². The van der Waals surface area contributed by atoms with Crippen LogP contribution < -0.4 is 0 Å². The van der Waals surface area contributed by atoms with Crippen LogP contribution in [-0.4, -0.2) is 24.0 Å². The van der Waals surface area contributed by atoms with Crippen molar-refractivity contribution in [2.45, 2.75) is 11.8 Å². The summed E-state index contributed by atoms with van der Waals surface area (Å²) in [7, 11) is -4.34. The predicted octanol–water partition coefficient (Wildman–Crippen LogP) is 0.940. The van der Waals surface area contributed by atoms with Gasteiger partial charge in [0, 0.05) is 0 Å². The topological polar surface area (TPSA) is 91.7 Å². The summed E-state index contributed by atoms with van der Waals surface area (Å²) in [5, 5.41) is 8.62. The van der Waals surface area contributed by atoms with E-state index in [0.29, 0.717) is 5.56 Å². The fraction of sp³-hybridized carbons (Fsp3) is 0.125. The Morgan fingerprint density at radius 2 is 1.86 bits per heavy atom. The standard InChI is InChI=1S/C8H8O5S/c1-5-2-6(8(9)10)4-7(3-5)14(11,12)13/h2-4H,1H3,(H,9,10)(H,11,12,13).